The summed E-state index contributed by atoms with van der Waals surface area (Å²) >= 11 is 1.25. The van der Waals surface area contributed by atoms with E-state index in [0.29, 0.717) is 16.4 Å². The lowest BCUT2D eigenvalue weighted by Gasteiger charge is -2.28. The minimum Gasteiger partial charge on any atom is -0.465 e. The molecule has 0 unspecified atom stereocenters. The van der Waals surface area contributed by atoms with Gasteiger partial charge < -0.3 is 10.1 Å². The molecule has 1 heterocycles. The highest BCUT2D eigenvalue weighted by Gasteiger charge is 2.33. The van der Waals surface area contributed by atoms with Crippen molar-refractivity contribution >= 4 is 40.4 Å². The van der Waals surface area contributed by atoms with Gasteiger partial charge in [-0.2, -0.15) is 0 Å². The number of ether oxygens (including phenoxy) is 1. The molecule has 1 fully saturated rings. The first-order chi connectivity index (χ1) is 11.0. The number of thioether (sulfide) groups is 1. The van der Waals surface area contributed by atoms with E-state index in [2.05, 4.69) is 15.0 Å². The van der Waals surface area contributed by atoms with Crippen molar-refractivity contribution in [2.24, 2.45) is 4.99 Å². The maximum absolute atomic E-state index is 12.3. The predicted molar refractivity (Wildman–Crippen MR) is 88.5 cm³/mol. The van der Waals surface area contributed by atoms with Crippen molar-refractivity contribution in [3.63, 3.8) is 0 Å². The fraction of sp³-hybridized carbons (Fsp3) is 0.333. The van der Waals surface area contributed by atoms with Gasteiger partial charge in [0, 0.05) is 26.2 Å². The minimum absolute atomic E-state index is 0.117. The molecule has 8 heteroatoms. The summed E-state index contributed by atoms with van der Waals surface area (Å²) in [6.07, 6.45) is 0.117. The molecule has 1 N–H and O–H groups in total. The number of nitrogens with zero attached hydrogens (tertiary/aromatic N) is 2. The molecule has 0 radical (unpaired) electrons. The number of hydrogen-bond acceptors (Lipinski definition) is 6. The molecule has 1 aromatic carbocycles. The lowest BCUT2D eigenvalue weighted by Crippen LogP contribution is -2.43. The van der Waals surface area contributed by atoms with E-state index in [1.165, 1.54) is 23.8 Å². The average Bonchev–Trinajstić information content (AvgIpc) is 2.57. The second-order valence-electron chi connectivity index (χ2n) is 4.83. The highest BCUT2D eigenvalue weighted by atomic mass is 32.2. The SMILES string of the molecule is CN=C1S[C@H](C(=O)Nc2ccc(C(=O)OC)cc2)CC(=O)N1C. The molecule has 0 aliphatic carbocycles. The van der Waals surface area contributed by atoms with Gasteiger partial charge in [0.05, 0.1) is 12.7 Å². The highest BCUT2D eigenvalue weighted by molar-refractivity contribution is 8.15. The lowest BCUT2D eigenvalue weighted by molar-refractivity contribution is -0.128. The quantitative estimate of drug-likeness (QED) is 0.843. The molecule has 1 aliphatic rings. The van der Waals surface area contributed by atoms with E-state index in [9.17, 15) is 14.4 Å². The summed E-state index contributed by atoms with van der Waals surface area (Å²) in [5.41, 5.74) is 0.944. The third-order valence-corrected chi connectivity index (χ3v) is 4.66. The zero-order valence-electron chi connectivity index (χ0n) is 13.0. The zero-order chi connectivity index (χ0) is 17.0. The zero-order valence-corrected chi connectivity index (χ0v) is 13.8. The summed E-state index contributed by atoms with van der Waals surface area (Å²) in [5, 5.41) is 2.72. The van der Waals surface area contributed by atoms with Crippen LogP contribution < -0.4 is 5.32 Å². The first-order valence-electron chi connectivity index (χ1n) is 6.85. The number of esters is 1. The van der Waals surface area contributed by atoms with E-state index in [-0.39, 0.29) is 18.2 Å². The van der Waals surface area contributed by atoms with E-state index in [1.807, 2.05) is 0 Å². The number of amides is 2. The molecule has 0 aromatic heterocycles. The van der Waals surface area contributed by atoms with Crippen LogP contribution >= 0.6 is 11.8 Å². The Morgan fingerprint density at radius 2 is 2.00 bits per heavy atom. The Morgan fingerprint density at radius 1 is 1.35 bits per heavy atom. The summed E-state index contributed by atoms with van der Waals surface area (Å²) in [5.74, 6) is -0.864. The Bertz CT molecular complexity index is 657. The van der Waals surface area contributed by atoms with Crippen LogP contribution in [0.25, 0.3) is 0 Å². The summed E-state index contributed by atoms with van der Waals surface area (Å²) in [4.78, 5) is 41.0. The van der Waals surface area contributed by atoms with Gasteiger partial charge in [0.2, 0.25) is 11.8 Å². The van der Waals surface area contributed by atoms with Crippen LogP contribution in [0, 0.1) is 0 Å². The van der Waals surface area contributed by atoms with Crippen molar-refractivity contribution in [1.82, 2.24) is 4.90 Å². The Labute approximate surface area is 138 Å². The van der Waals surface area contributed by atoms with Gasteiger partial charge in [-0.25, -0.2) is 4.79 Å². The Balaban J connectivity index is 2.04. The predicted octanol–water partition coefficient (Wildman–Crippen LogP) is 1.36. The molecule has 1 aliphatic heterocycles. The van der Waals surface area contributed by atoms with E-state index < -0.39 is 11.2 Å². The number of rotatable bonds is 3. The van der Waals surface area contributed by atoms with Gasteiger partial charge in [-0.3, -0.25) is 19.5 Å². The number of aliphatic imine (C=N–C) groups is 1. The molecule has 1 atom stereocenters. The van der Waals surface area contributed by atoms with E-state index in [4.69, 9.17) is 0 Å². The number of methoxy groups -OCH3 is 1. The molecular weight excluding hydrogens is 318 g/mol. The first kappa shape index (κ1) is 17.0. The third-order valence-electron chi connectivity index (χ3n) is 3.33. The Kier molecular flexibility index (Phi) is 5.38. The molecule has 1 aromatic rings. The molecule has 7 nitrogen and oxygen atoms in total. The average molecular weight is 335 g/mol. The van der Waals surface area contributed by atoms with Crippen LogP contribution in [0.2, 0.25) is 0 Å². The van der Waals surface area contributed by atoms with Crippen LogP contribution in [0.5, 0.6) is 0 Å². The monoisotopic (exact) mass is 335 g/mol. The smallest absolute Gasteiger partial charge is 0.337 e. The van der Waals surface area contributed by atoms with Gasteiger partial charge in [-0.05, 0) is 24.3 Å². The summed E-state index contributed by atoms with van der Waals surface area (Å²) < 4.78 is 4.61. The van der Waals surface area contributed by atoms with Gasteiger partial charge in [-0.15, -0.1) is 0 Å². The second-order valence-corrected chi connectivity index (χ2v) is 6.00. The van der Waals surface area contributed by atoms with E-state index in [0.717, 1.165) is 0 Å². The Hall–Kier alpha value is -2.35. The van der Waals surface area contributed by atoms with Crippen LogP contribution in [-0.4, -0.2) is 54.3 Å². The first-order valence-corrected chi connectivity index (χ1v) is 7.73. The molecule has 0 saturated carbocycles. The van der Waals surface area contributed by atoms with Crippen LogP contribution in [0.3, 0.4) is 0 Å². The fourth-order valence-electron chi connectivity index (χ4n) is 2.03. The van der Waals surface area contributed by atoms with Crippen LogP contribution in [-0.2, 0) is 14.3 Å². The molecule has 2 amide bonds. The maximum Gasteiger partial charge on any atom is 0.337 e. The van der Waals surface area contributed by atoms with Crippen molar-refractivity contribution in [2.45, 2.75) is 11.7 Å². The standard InChI is InChI=1S/C15H17N3O4S/c1-16-15-18(2)12(19)8-11(23-15)13(20)17-10-6-4-9(5-7-10)14(21)22-3/h4-7,11H,8H2,1-3H3,(H,17,20)/t11-/m0/s1. The minimum atomic E-state index is -0.530. The topological polar surface area (TPSA) is 88.1 Å². The third kappa shape index (κ3) is 3.89. The normalized spacial score (nSPS) is 19.6. The Morgan fingerprint density at radius 3 is 2.57 bits per heavy atom. The molecular formula is C15H17N3O4S. The molecule has 0 spiro atoms. The molecule has 0 bridgehead atoms. The van der Waals surface area contributed by atoms with Crippen LogP contribution in [0.1, 0.15) is 16.8 Å². The van der Waals surface area contributed by atoms with Crippen molar-refractivity contribution in [3.8, 4) is 0 Å². The van der Waals surface area contributed by atoms with E-state index >= 15 is 0 Å². The largest absolute Gasteiger partial charge is 0.465 e. The number of amidine groups is 1. The van der Waals surface area contributed by atoms with Gasteiger partial charge in [-0.1, -0.05) is 11.8 Å². The summed E-state index contributed by atoms with van der Waals surface area (Å²) in [6.45, 7) is 0. The van der Waals surface area contributed by atoms with Gasteiger partial charge in [0.1, 0.15) is 5.25 Å². The molecule has 2 rings (SSSR count). The summed E-state index contributed by atoms with van der Waals surface area (Å²) in [6, 6.07) is 6.35. The maximum atomic E-state index is 12.3. The molecule has 1 saturated heterocycles. The number of hydrogen-bond donors (Lipinski definition) is 1. The van der Waals surface area contributed by atoms with Gasteiger partial charge in [0.25, 0.3) is 0 Å². The fourth-order valence-corrected chi connectivity index (χ4v) is 3.04. The molecule has 23 heavy (non-hydrogen) atoms. The number of carbonyl (C=O) groups is 3. The number of anilines is 1. The lowest BCUT2D eigenvalue weighted by atomic mass is 10.2. The number of carbonyl (C=O) groups excluding carboxylic acids is 3. The van der Waals surface area contributed by atoms with Crippen molar-refractivity contribution < 1.29 is 19.1 Å². The van der Waals surface area contributed by atoms with Crippen molar-refractivity contribution in [2.75, 3.05) is 26.5 Å². The van der Waals surface area contributed by atoms with Gasteiger partial charge in [0.15, 0.2) is 5.17 Å². The second kappa shape index (κ2) is 7.28. The van der Waals surface area contributed by atoms with Crippen LogP contribution in [0.15, 0.2) is 29.3 Å². The number of nitrogens with one attached hydrogen (secondary N) is 1. The molecule has 122 valence electrons. The van der Waals surface area contributed by atoms with Crippen molar-refractivity contribution in [3.05, 3.63) is 29.8 Å². The number of benzene rings is 1. The van der Waals surface area contributed by atoms with Gasteiger partial charge >= 0.3 is 5.97 Å². The summed E-state index contributed by atoms with van der Waals surface area (Å²) in [7, 11) is 4.52. The van der Waals surface area contributed by atoms with Crippen LogP contribution in [0.4, 0.5) is 5.69 Å². The van der Waals surface area contributed by atoms with Crippen molar-refractivity contribution in [1.29, 1.82) is 0 Å². The highest BCUT2D eigenvalue weighted by Crippen LogP contribution is 2.26. The van der Waals surface area contributed by atoms with E-state index in [1.54, 1.807) is 38.4 Å².